The first-order chi connectivity index (χ1) is 7.92. The van der Waals surface area contributed by atoms with Crippen molar-refractivity contribution in [1.29, 1.82) is 0 Å². The highest BCUT2D eigenvalue weighted by Crippen LogP contribution is 2.20. The number of nitrogens with one attached hydrogen (secondary N) is 1. The van der Waals surface area contributed by atoms with Crippen LogP contribution in [0.1, 0.15) is 40.5 Å². The van der Waals surface area contributed by atoms with Crippen molar-refractivity contribution < 1.29 is 4.74 Å². The van der Waals surface area contributed by atoms with Gasteiger partial charge in [-0.1, -0.05) is 0 Å². The average Bonchev–Trinajstić information content (AvgIpc) is 2.70. The highest BCUT2D eigenvalue weighted by molar-refractivity contribution is 4.82. The molecule has 1 aliphatic heterocycles. The molecule has 0 aromatic rings. The predicted molar refractivity (Wildman–Crippen MR) is 73.4 cm³/mol. The summed E-state index contributed by atoms with van der Waals surface area (Å²) in [5.41, 5.74) is 0.245. The number of likely N-dealkylation sites (tertiary alicyclic amines) is 1. The maximum atomic E-state index is 5.15. The SMILES string of the molecule is COCCC(C)N1CCC(CNC(C)(C)C)C1. The van der Waals surface area contributed by atoms with Crippen LogP contribution in [0.15, 0.2) is 0 Å². The van der Waals surface area contributed by atoms with E-state index in [4.69, 9.17) is 4.74 Å². The smallest absolute Gasteiger partial charge is 0.0477 e. The fourth-order valence-corrected chi connectivity index (χ4v) is 2.35. The zero-order valence-corrected chi connectivity index (χ0v) is 12.3. The number of hydrogen-bond donors (Lipinski definition) is 1. The second-order valence-electron chi connectivity index (χ2n) is 6.41. The van der Waals surface area contributed by atoms with Crippen LogP contribution in [0.3, 0.4) is 0 Å². The van der Waals surface area contributed by atoms with Gasteiger partial charge in [0.2, 0.25) is 0 Å². The van der Waals surface area contributed by atoms with Gasteiger partial charge >= 0.3 is 0 Å². The van der Waals surface area contributed by atoms with Crippen molar-refractivity contribution in [3.8, 4) is 0 Å². The maximum Gasteiger partial charge on any atom is 0.0477 e. The maximum absolute atomic E-state index is 5.15. The Kier molecular flexibility index (Phi) is 5.90. The Balaban J connectivity index is 2.22. The fraction of sp³-hybridized carbons (Fsp3) is 1.00. The topological polar surface area (TPSA) is 24.5 Å². The Bertz CT molecular complexity index is 213. The van der Waals surface area contributed by atoms with Gasteiger partial charge < -0.3 is 15.0 Å². The molecule has 0 saturated carbocycles. The van der Waals surface area contributed by atoms with Crippen LogP contribution in [0.25, 0.3) is 0 Å². The average molecular weight is 242 g/mol. The van der Waals surface area contributed by atoms with E-state index >= 15 is 0 Å². The molecule has 1 rings (SSSR count). The predicted octanol–water partition coefficient (Wildman–Crippen LogP) is 2.12. The minimum atomic E-state index is 0.245. The summed E-state index contributed by atoms with van der Waals surface area (Å²) in [4.78, 5) is 2.61. The molecule has 102 valence electrons. The lowest BCUT2D eigenvalue weighted by Gasteiger charge is -2.26. The second kappa shape index (κ2) is 6.72. The lowest BCUT2D eigenvalue weighted by Crippen LogP contribution is -2.40. The van der Waals surface area contributed by atoms with E-state index in [0.29, 0.717) is 6.04 Å². The van der Waals surface area contributed by atoms with Crippen molar-refractivity contribution in [3.05, 3.63) is 0 Å². The minimum Gasteiger partial charge on any atom is -0.385 e. The zero-order valence-electron chi connectivity index (χ0n) is 12.3. The van der Waals surface area contributed by atoms with Crippen LogP contribution in [-0.4, -0.2) is 49.8 Å². The Morgan fingerprint density at radius 1 is 1.41 bits per heavy atom. The summed E-state index contributed by atoms with van der Waals surface area (Å²) < 4.78 is 5.15. The van der Waals surface area contributed by atoms with Crippen LogP contribution in [-0.2, 0) is 4.74 Å². The summed E-state index contributed by atoms with van der Waals surface area (Å²) in [6.45, 7) is 13.6. The van der Waals surface area contributed by atoms with Crippen molar-refractivity contribution in [1.82, 2.24) is 10.2 Å². The van der Waals surface area contributed by atoms with Crippen LogP contribution in [0, 0.1) is 5.92 Å². The van der Waals surface area contributed by atoms with E-state index in [1.165, 1.54) is 19.5 Å². The van der Waals surface area contributed by atoms with Crippen molar-refractivity contribution in [3.63, 3.8) is 0 Å². The summed E-state index contributed by atoms with van der Waals surface area (Å²) >= 11 is 0. The Labute approximate surface area is 107 Å². The van der Waals surface area contributed by atoms with Gasteiger partial charge in [-0.05, 0) is 59.5 Å². The van der Waals surface area contributed by atoms with E-state index in [1.807, 2.05) is 0 Å². The zero-order chi connectivity index (χ0) is 12.9. The van der Waals surface area contributed by atoms with Gasteiger partial charge in [-0.15, -0.1) is 0 Å². The van der Waals surface area contributed by atoms with Gasteiger partial charge in [0.1, 0.15) is 0 Å². The summed E-state index contributed by atoms with van der Waals surface area (Å²) in [6.07, 6.45) is 2.48. The van der Waals surface area contributed by atoms with Crippen molar-refractivity contribution in [2.75, 3.05) is 33.4 Å². The van der Waals surface area contributed by atoms with Gasteiger partial charge in [0.15, 0.2) is 0 Å². The molecule has 0 amide bonds. The number of ether oxygens (including phenoxy) is 1. The molecule has 1 heterocycles. The second-order valence-corrected chi connectivity index (χ2v) is 6.41. The summed E-state index contributed by atoms with van der Waals surface area (Å²) in [5, 5.41) is 3.62. The monoisotopic (exact) mass is 242 g/mol. The molecule has 1 aliphatic rings. The first kappa shape index (κ1) is 14.9. The molecule has 0 radical (unpaired) electrons. The van der Waals surface area contributed by atoms with E-state index in [1.54, 1.807) is 7.11 Å². The molecular weight excluding hydrogens is 212 g/mol. The molecule has 1 fully saturated rings. The quantitative estimate of drug-likeness (QED) is 0.772. The van der Waals surface area contributed by atoms with E-state index in [2.05, 4.69) is 37.9 Å². The molecule has 3 nitrogen and oxygen atoms in total. The summed E-state index contributed by atoms with van der Waals surface area (Å²) in [6, 6.07) is 0.662. The highest BCUT2D eigenvalue weighted by Gasteiger charge is 2.26. The number of hydrogen-bond acceptors (Lipinski definition) is 3. The van der Waals surface area contributed by atoms with Gasteiger partial charge in [0.25, 0.3) is 0 Å². The standard InChI is InChI=1S/C14H30N2O/c1-12(7-9-17-5)16-8-6-13(11-16)10-15-14(2,3)4/h12-13,15H,6-11H2,1-5H3. The third-order valence-corrected chi connectivity index (χ3v) is 3.60. The molecule has 1 N–H and O–H groups in total. The van der Waals surface area contributed by atoms with E-state index < -0.39 is 0 Å². The fourth-order valence-electron chi connectivity index (χ4n) is 2.35. The van der Waals surface area contributed by atoms with Crippen LogP contribution >= 0.6 is 0 Å². The molecule has 2 atom stereocenters. The molecule has 0 spiro atoms. The summed E-state index contributed by atoms with van der Waals surface area (Å²) in [7, 11) is 1.78. The molecule has 0 aromatic carbocycles. The first-order valence-corrected chi connectivity index (χ1v) is 6.90. The Hall–Kier alpha value is -0.120. The normalized spacial score (nSPS) is 24.2. The van der Waals surface area contributed by atoms with Crippen molar-refractivity contribution in [2.45, 2.75) is 52.1 Å². The largest absolute Gasteiger partial charge is 0.385 e. The van der Waals surface area contributed by atoms with E-state index in [-0.39, 0.29) is 5.54 Å². The van der Waals surface area contributed by atoms with Gasteiger partial charge in [-0.25, -0.2) is 0 Å². The van der Waals surface area contributed by atoms with Crippen LogP contribution in [0.5, 0.6) is 0 Å². The molecule has 17 heavy (non-hydrogen) atoms. The van der Waals surface area contributed by atoms with E-state index in [0.717, 1.165) is 25.5 Å². The summed E-state index contributed by atoms with van der Waals surface area (Å²) in [5.74, 6) is 0.819. The Morgan fingerprint density at radius 2 is 2.12 bits per heavy atom. The lowest BCUT2D eigenvalue weighted by molar-refractivity contribution is 0.150. The lowest BCUT2D eigenvalue weighted by atomic mass is 10.1. The van der Waals surface area contributed by atoms with Crippen LogP contribution in [0.4, 0.5) is 0 Å². The van der Waals surface area contributed by atoms with Gasteiger partial charge in [-0.3, -0.25) is 0 Å². The van der Waals surface area contributed by atoms with Gasteiger partial charge in [-0.2, -0.15) is 0 Å². The van der Waals surface area contributed by atoms with Crippen LogP contribution in [0.2, 0.25) is 0 Å². The molecule has 3 heteroatoms. The molecule has 1 saturated heterocycles. The van der Waals surface area contributed by atoms with Gasteiger partial charge in [0.05, 0.1) is 0 Å². The number of methoxy groups -OCH3 is 1. The van der Waals surface area contributed by atoms with Crippen molar-refractivity contribution in [2.24, 2.45) is 5.92 Å². The molecule has 0 bridgehead atoms. The number of rotatable bonds is 6. The van der Waals surface area contributed by atoms with Crippen molar-refractivity contribution >= 4 is 0 Å². The third kappa shape index (κ3) is 5.84. The molecule has 0 aliphatic carbocycles. The number of nitrogens with zero attached hydrogens (tertiary/aromatic N) is 1. The molecular formula is C14H30N2O. The van der Waals surface area contributed by atoms with E-state index in [9.17, 15) is 0 Å². The first-order valence-electron chi connectivity index (χ1n) is 6.90. The van der Waals surface area contributed by atoms with Gasteiger partial charge in [0, 0.05) is 31.8 Å². The van der Waals surface area contributed by atoms with Crippen LogP contribution < -0.4 is 5.32 Å². The molecule has 0 aromatic heterocycles. The highest BCUT2D eigenvalue weighted by atomic mass is 16.5. The molecule has 2 unspecified atom stereocenters. The Morgan fingerprint density at radius 3 is 2.71 bits per heavy atom. The minimum absolute atomic E-state index is 0.245. The third-order valence-electron chi connectivity index (χ3n) is 3.60.